The summed E-state index contributed by atoms with van der Waals surface area (Å²) in [4.78, 5) is 8.93. The molecular formula is C15H17N5S. The van der Waals surface area contributed by atoms with Crippen LogP contribution in [0.5, 0.6) is 0 Å². The summed E-state index contributed by atoms with van der Waals surface area (Å²) in [6.07, 6.45) is 4.59. The number of nitrogens with one attached hydrogen (secondary N) is 1. The summed E-state index contributed by atoms with van der Waals surface area (Å²) in [5.74, 6) is 0. The number of rotatable bonds is 6. The van der Waals surface area contributed by atoms with Gasteiger partial charge >= 0.3 is 0 Å². The zero-order valence-electron chi connectivity index (χ0n) is 11.9. The molecule has 0 radical (unpaired) electrons. The second kappa shape index (κ2) is 6.60. The Hall–Kier alpha value is -2.05. The zero-order chi connectivity index (χ0) is 14.5. The Morgan fingerprint density at radius 2 is 2.19 bits per heavy atom. The van der Waals surface area contributed by atoms with Gasteiger partial charge < -0.3 is 5.32 Å². The largest absolute Gasteiger partial charge is 0.311 e. The highest BCUT2D eigenvalue weighted by atomic mass is 32.1. The summed E-state index contributed by atoms with van der Waals surface area (Å²) in [7, 11) is 1.97. The number of aromatic nitrogens is 4. The molecule has 0 bridgehead atoms. The minimum atomic E-state index is 0.779. The molecule has 0 aromatic carbocycles. The van der Waals surface area contributed by atoms with Crippen LogP contribution in [-0.2, 0) is 20.0 Å². The van der Waals surface area contributed by atoms with Gasteiger partial charge in [0.25, 0.3) is 0 Å². The second-order valence-electron chi connectivity index (χ2n) is 4.73. The lowest BCUT2D eigenvalue weighted by molar-refractivity contribution is 0.638. The molecule has 0 aliphatic heterocycles. The molecule has 21 heavy (non-hydrogen) atoms. The van der Waals surface area contributed by atoms with Gasteiger partial charge in [0.1, 0.15) is 5.01 Å². The molecule has 0 aliphatic carbocycles. The number of hydrogen-bond acceptors (Lipinski definition) is 5. The van der Waals surface area contributed by atoms with Crippen LogP contribution in [0.3, 0.4) is 0 Å². The van der Waals surface area contributed by atoms with Crippen LogP contribution in [0.2, 0.25) is 0 Å². The van der Waals surface area contributed by atoms with Crippen molar-refractivity contribution in [1.82, 2.24) is 25.1 Å². The predicted molar refractivity (Wildman–Crippen MR) is 84.0 cm³/mol. The first kappa shape index (κ1) is 13.9. The minimum absolute atomic E-state index is 0.779. The van der Waals surface area contributed by atoms with Crippen LogP contribution in [0.25, 0.3) is 10.7 Å². The van der Waals surface area contributed by atoms with E-state index in [1.54, 1.807) is 17.5 Å². The van der Waals surface area contributed by atoms with E-state index >= 15 is 0 Å². The van der Waals surface area contributed by atoms with Crippen molar-refractivity contribution in [3.05, 3.63) is 53.4 Å². The van der Waals surface area contributed by atoms with Crippen molar-refractivity contribution >= 4 is 11.3 Å². The Morgan fingerprint density at radius 3 is 2.95 bits per heavy atom. The normalized spacial score (nSPS) is 10.9. The van der Waals surface area contributed by atoms with Gasteiger partial charge in [-0.25, -0.2) is 4.98 Å². The number of aryl methyl sites for hydroxylation is 1. The fourth-order valence-electron chi connectivity index (χ4n) is 2.07. The van der Waals surface area contributed by atoms with Gasteiger partial charge in [0.15, 0.2) is 0 Å². The molecule has 0 unspecified atom stereocenters. The zero-order valence-corrected chi connectivity index (χ0v) is 12.7. The Bertz CT molecular complexity index is 689. The molecule has 1 N–H and O–H groups in total. The van der Waals surface area contributed by atoms with Crippen molar-refractivity contribution in [1.29, 1.82) is 0 Å². The maximum atomic E-state index is 4.61. The van der Waals surface area contributed by atoms with Crippen LogP contribution in [0.4, 0.5) is 0 Å². The quantitative estimate of drug-likeness (QED) is 0.709. The molecule has 0 fully saturated rings. The van der Waals surface area contributed by atoms with Crippen LogP contribution in [-0.4, -0.2) is 26.3 Å². The van der Waals surface area contributed by atoms with Crippen molar-refractivity contribution in [2.75, 3.05) is 6.54 Å². The van der Waals surface area contributed by atoms with Crippen molar-refractivity contribution in [2.45, 2.75) is 13.0 Å². The second-order valence-corrected chi connectivity index (χ2v) is 5.59. The van der Waals surface area contributed by atoms with Gasteiger partial charge in [-0.15, -0.1) is 11.3 Å². The van der Waals surface area contributed by atoms with Crippen molar-refractivity contribution in [3.8, 4) is 10.7 Å². The maximum Gasteiger partial charge on any atom is 0.142 e. The average Bonchev–Trinajstić information content (AvgIpc) is 3.14. The van der Waals surface area contributed by atoms with Gasteiger partial charge in [0.05, 0.1) is 11.4 Å². The molecule has 6 heteroatoms. The van der Waals surface area contributed by atoms with E-state index in [-0.39, 0.29) is 0 Å². The minimum Gasteiger partial charge on any atom is -0.311 e. The molecule has 0 spiro atoms. The molecule has 5 nitrogen and oxygen atoms in total. The van der Waals surface area contributed by atoms with Gasteiger partial charge in [-0.1, -0.05) is 6.07 Å². The molecule has 0 saturated heterocycles. The first-order valence-corrected chi connectivity index (χ1v) is 7.74. The topological polar surface area (TPSA) is 55.6 Å². The van der Waals surface area contributed by atoms with Crippen molar-refractivity contribution < 1.29 is 0 Å². The molecule has 3 heterocycles. The maximum absolute atomic E-state index is 4.61. The summed E-state index contributed by atoms with van der Waals surface area (Å²) >= 11 is 1.63. The van der Waals surface area contributed by atoms with Crippen LogP contribution in [0.1, 0.15) is 11.4 Å². The highest BCUT2D eigenvalue weighted by molar-refractivity contribution is 7.13. The molecule has 0 atom stereocenters. The standard InChI is InChI=1S/C15H17N5S/c1-20-13(6-9-18-20)5-8-16-10-12-11-21-15(19-12)14-4-2-3-7-17-14/h2-4,6-7,9,11,16H,5,8,10H2,1H3. The summed E-state index contributed by atoms with van der Waals surface area (Å²) in [6.45, 7) is 1.69. The van der Waals surface area contributed by atoms with E-state index in [9.17, 15) is 0 Å². The van der Waals surface area contributed by atoms with E-state index < -0.39 is 0 Å². The van der Waals surface area contributed by atoms with Crippen LogP contribution in [0, 0.1) is 0 Å². The Balaban J connectivity index is 1.50. The molecule has 0 amide bonds. The summed E-state index contributed by atoms with van der Waals surface area (Å²) in [6, 6.07) is 7.93. The lowest BCUT2D eigenvalue weighted by Gasteiger charge is -2.03. The van der Waals surface area contributed by atoms with E-state index in [2.05, 4.69) is 25.8 Å². The number of nitrogens with zero attached hydrogens (tertiary/aromatic N) is 4. The molecule has 3 aromatic heterocycles. The van der Waals surface area contributed by atoms with E-state index in [0.717, 1.165) is 35.9 Å². The first-order valence-electron chi connectivity index (χ1n) is 6.86. The van der Waals surface area contributed by atoms with Gasteiger partial charge in [-0.2, -0.15) is 5.10 Å². The third-order valence-corrected chi connectivity index (χ3v) is 4.14. The molecule has 3 rings (SSSR count). The van der Waals surface area contributed by atoms with Gasteiger partial charge in [0.2, 0.25) is 0 Å². The molecule has 0 aliphatic rings. The molecule has 108 valence electrons. The predicted octanol–water partition coefficient (Wildman–Crippen LogP) is 2.27. The summed E-state index contributed by atoms with van der Waals surface area (Å²) in [5.41, 5.74) is 3.23. The number of thiazole rings is 1. The molecular weight excluding hydrogens is 282 g/mol. The lowest BCUT2D eigenvalue weighted by Crippen LogP contribution is -2.18. The highest BCUT2D eigenvalue weighted by Gasteiger charge is 2.05. The van der Waals surface area contributed by atoms with Gasteiger partial charge in [-0.3, -0.25) is 9.67 Å². The smallest absolute Gasteiger partial charge is 0.142 e. The number of pyridine rings is 1. The Morgan fingerprint density at radius 1 is 1.24 bits per heavy atom. The van der Waals surface area contributed by atoms with E-state index in [1.165, 1.54) is 5.69 Å². The van der Waals surface area contributed by atoms with Gasteiger partial charge in [0, 0.05) is 50.0 Å². The summed E-state index contributed by atoms with van der Waals surface area (Å²) < 4.78 is 1.91. The molecule has 0 saturated carbocycles. The van der Waals surface area contributed by atoms with E-state index in [0.29, 0.717) is 0 Å². The third-order valence-electron chi connectivity index (χ3n) is 3.22. The van der Waals surface area contributed by atoms with Crippen LogP contribution < -0.4 is 5.32 Å². The average molecular weight is 299 g/mol. The molecule has 3 aromatic rings. The monoisotopic (exact) mass is 299 g/mol. The fourth-order valence-corrected chi connectivity index (χ4v) is 2.87. The van der Waals surface area contributed by atoms with Crippen molar-refractivity contribution in [2.24, 2.45) is 7.05 Å². The fraction of sp³-hybridized carbons (Fsp3) is 0.267. The summed E-state index contributed by atoms with van der Waals surface area (Å²) in [5, 5.41) is 10.6. The van der Waals surface area contributed by atoms with E-state index in [1.807, 2.05) is 42.2 Å². The Kier molecular flexibility index (Phi) is 4.37. The van der Waals surface area contributed by atoms with Crippen molar-refractivity contribution in [3.63, 3.8) is 0 Å². The highest BCUT2D eigenvalue weighted by Crippen LogP contribution is 2.21. The van der Waals surface area contributed by atoms with Gasteiger partial charge in [-0.05, 0) is 18.2 Å². The Labute approximate surface area is 127 Å². The lowest BCUT2D eigenvalue weighted by atomic mass is 10.3. The first-order chi connectivity index (χ1) is 10.3. The third kappa shape index (κ3) is 3.53. The van der Waals surface area contributed by atoms with E-state index in [4.69, 9.17) is 0 Å². The number of hydrogen-bond donors (Lipinski definition) is 1. The van der Waals surface area contributed by atoms with Crippen LogP contribution in [0.15, 0.2) is 42.0 Å². The van der Waals surface area contributed by atoms with Crippen LogP contribution >= 0.6 is 11.3 Å². The SMILES string of the molecule is Cn1nccc1CCNCc1csc(-c2ccccn2)n1.